The Morgan fingerprint density at radius 2 is 2.21 bits per heavy atom. The number of carbonyl (C=O) groups is 1. The zero-order chi connectivity index (χ0) is 13.4. The molecule has 2 unspecified atom stereocenters. The highest BCUT2D eigenvalue weighted by molar-refractivity contribution is 6.02. The Balaban J connectivity index is 2.00. The Morgan fingerprint density at radius 3 is 2.89 bits per heavy atom. The zero-order valence-corrected chi connectivity index (χ0v) is 11.0. The van der Waals surface area contributed by atoms with Crippen LogP contribution in [0.3, 0.4) is 0 Å². The minimum absolute atomic E-state index is 0.193. The van der Waals surface area contributed by atoms with E-state index in [0.29, 0.717) is 18.8 Å². The number of nitrogens with zero attached hydrogens (tertiary/aromatic N) is 2. The third-order valence-electron chi connectivity index (χ3n) is 3.32. The molecule has 0 saturated carbocycles. The smallest absolute Gasteiger partial charge is 0.359 e. The van der Waals surface area contributed by atoms with Gasteiger partial charge in [-0.3, -0.25) is 4.68 Å². The first-order valence-electron chi connectivity index (χ1n) is 6.49. The van der Waals surface area contributed by atoms with Crippen molar-refractivity contribution in [3.63, 3.8) is 0 Å². The summed E-state index contributed by atoms with van der Waals surface area (Å²) in [5, 5.41) is 5.21. The first-order chi connectivity index (χ1) is 9.20. The molecule has 100 valence electrons. The number of hydrogen-bond donors (Lipinski definition) is 0. The molecule has 5 heteroatoms. The van der Waals surface area contributed by atoms with E-state index in [4.69, 9.17) is 9.47 Å². The van der Waals surface area contributed by atoms with Crippen LogP contribution in [0.5, 0.6) is 0 Å². The van der Waals surface area contributed by atoms with Crippen molar-refractivity contribution < 1.29 is 14.3 Å². The lowest BCUT2D eigenvalue weighted by Crippen LogP contribution is -2.10. The fourth-order valence-corrected chi connectivity index (χ4v) is 2.21. The number of benzene rings is 1. The molecule has 3 rings (SSSR count). The molecule has 0 bridgehead atoms. The number of epoxide rings is 1. The Bertz CT molecular complexity index is 620. The molecule has 0 aliphatic carbocycles. The van der Waals surface area contributed by atoms with E-state index in [9.17, 15) is 4.79 Å². The molecule has 1 aromatic heterocycles. The van der Waals surface area contributed by atoms with E-state index in [2.05, 4.69) is 5.10 Å². The summed E-state index contributed by atoms with van der Waals surface area (Å²) in [5.74, 6) is -0.373. The lowest BCUT2D eigenvalue weighted by molar-refractivity contribution is 0.0520. The van der Waals surface area contributed by atoms with E-state index < -0.39 is 0 Å². The average molecular weight is 260 g/mol. The third kappa shape index (κ3) is 2.21. The topological polar surface area (TPSA) is 56.6 Å². The minimum Gasteiger partial charge on any atom is -0.461 e. The van der Waals surface area contributed by atoms with E-state index in [1.165, 1.54) is 0 Å². The highest BCUT2D eigenvalue weighted by Gasteiger charge is 2.35. The molecule has 0 radical (unpaired) electrons. The molecular weight excluding hydrogens is 244 g/mol. The van der Waals surface area contributed by atoms with Crippen molar-refractivity contribution >= 4 is 16.9 Å². The maximum absolute atomic E-state index is 11.9. The molecule has 1 aromatic carbocycles. The fourth-order valence-electron chi connectivity index (χ4n) is 2.21. The number of para-hydroxylation sites is 1. The second-order valence-electron chi connectivity index (χ2n) is 4.65. The van der Waals surface area contributed by atoms with Crippen molar-refractivity contribution in [2.24, 2.45) is 0 Å². The van der Waals surface area contributed by atoms with Crippen LogP contribution in [-0.2, 0) is 16.0 Å². The van der Waals surface area contributed by atoms with Crippen LogP contribution in [0.1, 0.15) is 24.3 Å². The number of hydrogen-bond acceptors (Lipinski definition) is 4. The van der Waals surface area contributed by atoms with Gasteiger partial charge in [0, 0.05) is 5.39 Å². The largest absolute Gasteiger partial charge is 0.461 e. The summed E-state index contributed by atoms with van der Waals surface area (Å²) < 4.78 is 12.3. The summed E-state index contributed by atoms with van der Waals surface area (Å²) in [6.45, 7) is 4.84. The molecule has 1 aliphatic rings. The van der Waals surface area contributed by atoms with Gasteiger partial charge in [-0.05, 0) is 19.9 Å². The first kappa shape index (κ1) is 12.2. The fraction of sp³-hybridized carbons (Fsp3) is 0.429. The average Bonchev–Trinajstić information content (AvgIpc) is 2.97. The summed E-state index contributed by atoms with van der Waals surface area (Å²) in [7, 11) is 0. The minimum atomic E-state index is -0.373. The lowest BCUT2D eigenvalue weighted by atomic mass is 10.2. The molecule has 0 amide bonds. The van der Waals surface area contributed by atoms with Crippen LogP contribution in [-0.4, -0.2) is 34.6 Å². The Morgan fingerprint density at radius 1 is 1.47 bits per heavy atom. The van der Waals surface area contributed by atoms with E-state index in [-0.39, 0.29) is 18.2 Å². The van der Waals surface area contributed by atoms with Crippen molar-refractivity contribution in [1.82, 2.24) is 9.78 Å². The monoisotopic (exact) mass is 260 g/mol. The van der Waals surface area contributed by atoms with E-state index in [1.54, 1.807) is 6.92 Å². The quantitative estimate of drug-likeness (QED) is 0.623. The number of aromatic nitrogens is 2. The zero-order valence-electron chi connectivity index (χ0n) is 11.0. The molecule has 0 N–H and O–H groups in total. The van der Waals surface area contributed by atoms with Crippen molar-refractivity contribution in [2.45, 2.75) is 32.6 Å². The van der Waals surface area contributed by atoms with Crippen LogP contribution in [0.2, 0.25) is 0 Å². The van der Waals surface area contributed by atoms with Crippen LogP contribution in [0.15, 0.2) is 24.3 Å². The van der Waals surface area contributed by atoms with Gasteiger partial charge in [-0.25, -0.2) is 4.79 Å². The summed E-state index contributed by atoms with van der Waals surface area (Å²) in [4.78, 5) is 11.9. The van der Waals surface area contributed by atoms with Gasteiger partial charge in [0.1, 0.15) is 6.10 Å². The highest BCUT2D eigenvalue weighted by atomic mass is 16.6. The van der Waals surface area contributed by atoms with Crippen LogP contribution in [0.25, 0.3) is 10.9 Å². The van der Waals surface area contributed by atoms with Crippen molar-refractivity contribution in [1.29, 1.82) is 0 Å². The normalized spacial score (nSPS) is 21.6. The van der Waals surface area contributed by atoms with Gasteiger partial charge in [0.15, 0.2) is 5.69 Å². The van der Waals surface area contributed by atoms with Gasteiger partial charge in [0.2, 0.25) is 0 Å². The van der Waals surface area contributed by atoms with Crippen LogP contribution in [0.4, 0.5) is 0 Å². The summed E-state index contributed by atoms with van der Waals surface area (Å²) in [5.41, 5.74) is 1.32. The van der Waals surface area contributed by atoms with Gasteiger partial charge >= 0.3 is 5.97 Å². The molecule has 1 aliphatic heterocycles. The maximum Gasteiger partial charge on any atom is 0.359 e. The van der Waals surface area contributed by atoms with E-state index in [0.717, 1.165) is 10.9 Å². The van der Waals surface area contributed by atoms with Crippen molar-refractivity contribution in [2.75, 3.05) is 6.61 Å². The molecule has 19 heavy (non-hydrogen) atoms. The molecule has 2 atom stereocenters. The summed E-state index contributed by atoms with van der Waals surface area (Å²) in [6, 6.07) is 7.68. The highest BCUT2D eigenvalue weighted by Crippen LogP contribution is 2.26. The summed E-state index contributed by atoms with van der Waals surface area (Å²) in [6.07, 6.45) is 0.465. The Kier molecular flexibility index (Phi) is 2.98. The van der Waals surface area contributed by atoms with Gasteiger partial charge in [0.05, 0.1) is 24.8 Å². The first-order valence-corrected chi connectivity index (χ1v) is 6.49. The third-order valence-corrected chi connectivity index (χ3v) is 3.32. The molecule has 2 heterocycles. The predicted octanol–water partition coefficient (Wildman–Crippen LogP) is 2.00. The standard InChI is InChI=1S/C14H16N2O3/c1-3-18-14(17)13-10-6-4-5-7-11(10)16(15-13)8-12-9(2)19-12/h4-7,9,12H,3,8H2,1-2H3. The van der Waals surface area contributed by atoms with Gasteiger partial charge in [0.25, 0.3) is 0 Å². The second kappa shape index (κ2) is 4.66. The molecular formula is C14H16N2O3. The number of fused-ring (bicyclic) bond motifs is 1. The van der Waals surface area contributed by atoms with Crippen LogP contribution in [0, 0.1) is 0 Å². The van der Waals surface area contributed by atoms with Gasteiger partial charge < -0.3 is 9.47 Å². The Labute approximate surface area is 111 Å². The second-order valence-corrected chi connectivity index (χ2v) is 4.65. The maximum atomic E-state index is 11.9. The number of carbonyl (C=O) groups excluding carboxylic acids is 1. The number of rotatable bonds is 4. The van der Waals surface area contributed by atoms with Gasteiger partial charge in [-0.2, -0.15) is 5.10 Å². The van der Waals surface area contributed by atoms with Crippen molar-refractivity contribution in [3.05, 3.63) is 30.0 Å². The molecule has 1 saturated heterocycles. The molecule has 5 nitrogen and oxygen atoms in total. The Hall–Kier alpha value is -1.88. The molecule has 0 spiro atoms. The number of esters is 1. The molecule has 2 aromatic rings. The van der Waals surface area contributed by atoms with Gasteiger partial charge in [-0.15, -0.1) is 0 Å². The summed E-state index contributed by atoms with van der Waals surface area (Å²) >= 11 is 0. The SMILES string of the molecule is CCOC(=O)c1nn(CC2OC2C)c2ccccc12. The van der Waals surface area contributed by atoms with E-state index in [1.807, 2.05) is 35.9 Å². The predicted molar refractivity (Wildman–Crippen MR) is 70.0 cm³/mol. The van der Waals surface area contributed by atoms with Crippen LogP contribution < -0.4 is 0 Å². The number of ether oxygens (including phenoxy) is 2. The van der Waals surface area contributed by atoms with Crippen LogP contribution >= 0.6 is 0 Å². The lowest BCUT2D eigenvalue weighted by Gasteiger charge is -1.99. The molecule has 1 fully saturated rings. The van der Waals surface area contributed by atoms with Gasteiger partial charge in [-0.1, -0.05) is 18.2 Å². The van der Waals surface area contributed by atoms with E-state index >= 15 is 0 Å². The van der Waals surface area contributed by atoms with Crippen molar-refractivity contribution in [3.8, 4) is 0 Å².